The molecule has 0 aromatic heterocycles. The fourth-order valence-corrected chi connectivity index (χ4v) is 4.75. The number of phenols is 1. The van der Waals surface area contributed by atoms with Crippen LogP contribution < -0.4 is 26.1 Å². The molecule has 0 saturated heterocycles. The first kappa shape index (κ1) is 30.5. The Balaban J connectivity index is 1.41. The number of carbonyl (C=O) groups is 2. The Morgan fingerprint density at radius 3 is 2.57 bits per heavy atom. The molecule has 11 heteroatoms. The topological polar surface area (TPSA) is 139 Å². The second-order valence-electron chi connectivity index (χ2n) is 9.48. The summed E-state index contributed by atoms with van der Waals surface area (Å²) in [6.45, 7) is 4.56. The van der Waals surface area contributed by atoms with Crippen molar-refractivity contribution >= 4 is 46.4 Å². The Bertz CT molecular complexity index is 1590. The number of rotatable bonds is 14. The lowest BCUT2D eigenvalue weighted by Gasteiger charge is -2.18. The SMILES string of the molecule is CCOCCC(=O)NCCCCCNC(=S)Nc1ccc(-c2c3ccc(=O)cc-3oc3cc(O)ccc23)c(OC=O)c1. The van der Waals surface area contributed by atoms with Gasteiger partial charge in [0.15, 0.2) is 10.5 Å². The molecular weight excluding hydrogens is 558 g/mol. The van der Waals surface area contributed by atoms with Crippen LogP contribution in [0.5, 0.6) is 11.5 Å². The predicted octanol–water partition coefficient (Wildman–Crippen LogP) is 4.81. The number of nitrogens with one attached hydrogen (secondary N) is 3. The van der Waals surface area contributed by atoms with Crippen LogP contribution in [-0.4, -0.2) is 48.9 Å². The number of phenolic OH excluding ortho intramolecular Hbond substituents is 1. The minimum atomic E-state index is -0.221. The molecule has 42 heavy (non-hydrogen) atoms. The smallest absolute Gasteiger partial charge is 0.298 e. The van der Waals surface area contributed by atoms with E-state index in [0.29, 0.717) is 83.4 Å². The third-order valence-electron chi connectivity index (χ3n) is 6.50. The van der Waals surface area contributed by atoms with Crippen LogP contribution >= 0.6 is 12.2 Å². The molecule has 0 bridgehead atoms. The van der Waals surface area contributed by atoms with Crippen LogP contribution in [0.4, 0.5) is 5.69 Å². The van der Waals surface area contributed by atoms with Gasteiger partial charge in [0.25, 0.3) is 6.47 Å². The van der Waals surface area contributed by atoms with E-state index in [1.165, 1.54) is 24.3 Å². The summed E-state index contributed by atoms with van der Waals surface area (Å²) in [7, 11) is 0. The van der Waals surface area contributed by atoms with Crippen LogP contribution in [-0.2, 0) is 14.3 Å². The van der Waals surface area contributed by atoms with Gasteiger partial charge in [-0.15, -0.1) is 0 Å². The summed E-state index contributed by atoms with van der Waals surface area (Å²) in [6.07, 6.45) is 3.03. The number of anilines is 1. The average Bonchev–Trinajstić information content (AvgIpc) is 2.96. The maximum Gasteiger partial charge on any atom is 0.298 e. The number of carbonyl (C=O) groups excluding carboxylic acids is 2. The van der Waals surface area contributed by atoms with Gasteiger partial charge < -0.3 is 34.9 Å². The number of fused-ring (bicyclic) bond motifs is 2. The summed E-state index contributed by atoms with van der Waals surface area (Å²) < 4.78 is 16.5. The van der Waals surface area contributed by atoms with Gasteiger partial charge in [0.05, 0.1) is 6.61 Å². The molecule has 2 aromatic rings. The third-order valence-corrected chi connectivity index (χ3v) is 6.75. The maximum absolute atomic E-state index is 12.0. The van der Waals surface area contributed by atoms with Crippen LogP contribution in [0.1, 0.15) is 32.6 Å². The quantitative estimate of drug-likeness (QED) is 0.0700. The number of benzene rings is 3. The Hall–Kier alpha value is -4.48. The lowest BCUT2D eigenvalue weighted by molar-refractivity contribution is -0.122. The predicted molar refractivity (Wildman–Crippen MR) is 165 cm³/mol. The molecule has 0 atom stereocenters. The van der Waals surface area contributed by atoms with Gasteiger partial charge in [0, 0.05) is 72.1 Å². The molecule has 0 spiro atoms. The van der Waals surface area contributed by atoms with Crippen molar-refractivity contribution < 1.29 is 28.6 Å². The first-order chi connectivity index (χ1) is 20.4. The number of hydrogen-bond donors (Lipinski definition) is 4. The lowest BCUT2D eigenvalue weighted by Crippen LogP contribution is -2.29. The highest BCUT2D eigenvalue weighted by Gasteiger charge is 2.21. The van der Waals surface area contributed by atoms with Gasteiger partial charge in [-0.25, -0.2) is 0 Å². The van der Waals surface area contributed by atoms with Gasteiger partial charge in [0.2, 0.25) is 5.91 Å². The molecule has 220 valence electrons. The minimum Gasteiger partial charge on any atom is -0.508 e. The summed E-state index contributed by atoms with van der Waals surface area (Å²) in [5.74, 6) is 0.619. The minimum absolute atomic E-state index is 0.00423. The van der Waals surface area contributed by atoms with E-state index in [-0.39, 0.29) is 22.8 Å². The number of aromatic hydroxyl groups is 1. The Labute approximate surface area is 248 Å². The van der Waals surface area contributed by atoms with Crippen molar-refractivity contribution in [1.82, 2.24) is 10.6 Å². The summed E-state index contributed by atoms with van der Waals surface area (Å²) in [4.78, 5) is 35.2. The monoisotopic (exact) mass is 591 g/mol. The largest absolute Gasteiger partial charge is 0.508 e. The summed E-state index contributed by atoms with van der Waals surface area (Å²) in [6, 6.07) is 14.5. The fourth-order valence-electron chi connectivity index (χ4n) is 4.53. The normalized spacial score (nSPS) is 10.9. The molecule has 0 radical (unpaired) electrons. The van der Waals surface area contributed by atoms with Crippen LogP contribution in [0.25, 0.3) is 33.4 Å². The number of ether oxygens (including phenoxy) is 2. The number of amides is 1. The highest BCUT2D eigenvalue weighted by atomic mass is 32.1. The first-order valence-electron chi connectivity index (χ1n) is 13.7. The van der Waals surface area contributed by atoms with Crippen molar-refractivity contribution in [3.8, 4) is 33.9 Å². The second-order valence-corrected chi connectivity index (χ2v) is 9.89. The zero-order valence-corrected chi connectivity index (χ0v) is 24.1. The van der Waals surface area contributed by atoms with E-state index in [1.54, 1.807) is 30.3 Å². The molecule has 1 heterocycles. The summed E-state index contributed by atoms with van der Waals surface area (Å²) in [5.41, 5.74) is 2.68. The highest BCUT2D eigenvalue weighted by molar-refractivity contribution is 7.80. The van der Waals surface area contributed by atoms with E-state index in [1.807, 2.05) is 6.92 Å². The Morgan fingerprint density at radius 1 is 1.00 bits per heavy atom. The van der Waals surface area contributed by atoms with Gasteiger partial charge >= 0.3 is 0 Å². The average molecular weight is 592 g/mol. The standard InChI is InChI=1S/C31H33N3O7S/c1-2-39-15-12-29(38)32-13-4-3-5-14-33-31(42)34-20-6-9-23(26(16-20)40-19-35)30-24-10-7-21(36)17-27(24)41-28-18-22(37)8-11-25(28)30/h6-11,16-19,36H,2-5,12-15H2,1H3,(H,32,38)(H2,33,34,42). The second kappa shape index (κ2) is 14.9. The zero-order chi connectivity index (χ0) is 29.9. The van der Waals surface area contributed by atoms with Crippen LogP contribution in [0, 0.1) is 0 Å². The number of unbranched alkanes of at least 4 members (excludes halogenated alkanes) is 2. The third kappa shape index (κ3) is 8.05. The lowest BCUT2D eigenvalue weighted by atomic mass is 9.93. The molecule has 0 unspecified atom stereocenters. The fraction of sp³-hybridized carbons (Fsp3) is 0.290. The van der Waals surface area contributed by atoms with Gasteiger partial charge in [-0.3, -0.25) is 14.4 Å². The molecular formula is C31H33N3O7S. The number of hydrogen-bond acceptors (Lipinski definition) is 8. The van der Waals surface area contributed by atoms with E-state index in [0.717, 1.165) is 19.3 Å². The molecule has 2 aromatic carbocycles. The highest BCUT2D eigenvalue weighted by Crippen LogP contribution is 2.44. The van der Waals surface area contributed by atoms with Crippen molar-refractivity contribution in [2.24, 2.45) is 0 Å². The Morgan fingerprint density at radius 2 is 1.79 bits per heavy atom. The molecule has 0 fully saturated rings. The zero-order valence-electron chi connectivity index (χ0n) is 23.2. The van der Waals surface area contributed by atoms with E-state index < -0.39 is 0 Å². The molecule has 2 aliphatic rings. The van der Waals surface area contributed by atoms with Crippen molar-refractivity contribution in [1.29, 1.82) is 0 Å². The van der Waals surface area contributed by atoms with Crippen molar-refractivity contribution in [2.45, 2.75) is 32.6 Å². The molecule has 0 saturated carbocycles. The van der Waals surface area contributed by atoms with Crippen LogP contribution in [0.3, 0.4) is 0 Å². The Kier molecular flexibility index (Phi) is 10.8. The van der Waals surface area contributed by atoms with E-state index >= 15 is 0 Å². The van der Waals surface area contributed by atoms with Crippen LogP contribution in [0.15, 0.2) is 63.8 Å². The van der Waals surface area contributed by atoms with E-state index in [9.17, 15) is 19.5 Å². The molecule has 4 N–H and O–H groups in total. The molecule has 4 rings (SSSR count). The van der Waals surface area contributed by atoms with Crippen molar-refractivity contribution in [3.63, 3.8) is 0 Å². The van der Waals surface area contributed by atoms with Gasteiger partial charge in [-0.05, 0) is 74.8 Å². The van der Waals surface area contributed by atoms with Gasteiger partial charge in [0.1, 0.15) is 22.8 Å². The molecule has 1 amide bonds. The summed E-state index contributed by atoms with van der Waals surface area (Å²) >= 11 is 5.44. The molecule has 1 aliphatic heterocycles. The van der Waals surface area contributed by atoms with E-state index in [2.05, 4.69) is 16.0 Å². The van der Waals surface area contributed by atoms with Crippen molar-refractivity contribution in [2.75, 3.05) is 31.6 Å². The van der Waals surface area contributed by atoms with Gasteiger partial charge in [-0.1, -0.05) is 0 Å². The maximum atomic E-state index is 12.0. The first-order valence-corrected chi connectivity index (χ1v) is 14.1. The van der Waals surface area contributed by atoms with Crippen molar-refractivity contribution in [3.05, 3.63) is 64.8 Å². The van der Waals surface area contributed by atoms with Crippen LogP contribution in [0.2, 0.25) is 0 Å². The van der Waals surface area contributed by atoms with Gasteiger partial charge in [-0.2, -0.15) is 0 Å². The molecule has 10 nitrogen and oxygen atoms in total. The number of thiocarbonyl (C=S) groups is 1. The molecule has 1 aliphatic carbocycles. The summed E-state index contributed by atoms with van der Waals surface area (Å²) in [5, 5.41) is 20.2. The van der Waals surface area contributed by atoms with E-state index in [4.69, 9.17) is 26.1 Å².